The second kappa shape index (κ2) is 15.6. The Bertz CT molecular complexity index is 1930. The van der Waals surface area contributed by atoms with Crippen LogP contribution in [0.15, 0.2) is 59.8 Å². The minimum atomic E-state index is -4.49. The number of halogens is 1. The number of allylic oxidation sites excluding steroid dienone is 1. The number of rotatable bonds is 5. The summed E-state index contributed by atoms with van der Waals surface area (Å²) in [5, 5.41) is 5.31. The molecule has 2 aromatic rings. The van der Waals surface area contributed by atoms with Crippen LogP contribution in [0.5, 0.6) is 0 Å². The van der Waals surface area contributed by atoms with Crippen molar-refractivity contribution in [3.05, 3.63) is 71.0 Å². The molecule has 1 saturated carbocycles. The zero-order valence-electron chi connectivity index (χ0n) is 30.4. The second-order valence-electron chi connectivity index (χ2n) is 15.1. The second-order valence-corrected chi connectivity index (χ2v) is 17.2. The first-order valence-corrected chi connectivity index (χ1v) is 19.9. The fourth-order valence-electron chi connectivity index (χ4n) is 7.12. The third-order valence-electron chi connectivity index (χ3n) is 9.95. The summed E-state index contributed by atoms with van der Waals surface area (Å²) in [5.74, 6) is -2.86. The summed E-state index contributed by atoms with van der Waals surface area (Å²) >= 11 is 6.11. The number of alkyl carbamates (subject to hydrolysis) is 1. The van der Waals surface area contributed by atoms with Gasteiger partial charge in [0.2, 0.25) is 11.8 Å². The van der Waals surface area contributed by atoms with Gasteiger partial charge in [-0.2, -0.15) is 0 Å². The number of fused-ring (bicyclic) bond motifs is 3. The van der Waals surface area contributed by atoms with Gasteiger partial charge < -0.3 is 25.0 Å². The normalized spacial score (nSPS) is 25.9. The number of hydrogen-bond donors (Lipinski definition) is 3. The Kier molecular flexibility index (Phi) is 11.2. The van der Waals surface area contributed by atoms with Crippen LogP contribution < -0.4 is 15.4 Å². The van der Waals surface area contributed by atoms with Crippen LogP contribution in [0.3, 0.4) is 0 Å². The van der Waals surface area contributed by atoms with Crippen molar-refractivity contribution in [3.63, 3.8) is 0 Å². The fraction of sp³-hybridized carbons (Fsp3) is 0.514. The molecule has 5 amide bonds. The summed E-state index contributed by atoms with van der Waals surface area (Å²) in [6.07, 6.45) is 6.56. The number of hydrogen-bond acceptors (Lipinski definition) is 10. The van der Waals surface area contributed by atoms with Crippen molar-refractivity contribution in [2.45, 2.75) is 113 Å². The van der Waals surface area contributed by atoms with Crippen LogP contribution in [0, 0.1) is 5.92 Å². The summed E-state index contributed by atoms with van der Waals surface area (Å²) in [7, 11) is -4.49. The van der Waals surface area contributed by atoms with E-state index in [9.17, 15) is 32.4 Å². The van der Waals surface area contributed by atoms with Crippen molar-refractivity contribution in [3.8, 4) is 0 Å². The highest BCUT2D eigenvalue weighted by molar-refractivity contribution is 7.90. The van der Waals surface area contributed by atoms with Gasteiger partial charge in [0, 0.05) is 37.8 Å². The summed E-state index contributed by atoms with van der Waals surface area (Å²) in [6, 6.07) is 6.60. The molecule has 54 heavy (non-hydrogen) atoms. The van der Waals surface area contributed by atoms with Gasteiger partial charge in [-0.15, -0.1) is 0 Å². The molecule has 0 spiro atoms. The largest absolute Gasteiger partial charge is 0.444 e. The number of carbonyl (C=O) groups excluding carboxylic acids is 5. The lowest BCUT2D eigenvalue weighted by molar-refractivity contribution is -0.141. The zero-order valence-corrected chi connectivity index (χ0v) is 32.0. The SMILES string of the molecule is CC(C)(C)OC(=O)N[C@H]1CCCCCC=C[C@@H]2C[C@@]2(C(=O)NS(=O)(=O)c2cnccc2Cl)NC(=O)C2C[C@@H](OC(=O)N3Cc4ccccc4C3)CN2C1=O. The zero-order chi connectivity index (χ0) is 38.8. The Morgan fingerprint density at radius 2 is 1.78 bits per heavy atom. The Balaban J connectivity index is 1.27. The highest BCUT2D eigenvalue weighted by atomic mass is 35.5. The Morgan fingerprint density at radius 1 is 1.06 bits per heavy atom. The molecular formula is C37H45ClN6O9S. The highest BCUT2D eigenvalue weighted by Gasteiger charge is 2.62. The van der Waals surface area contributed by atoms with Gasteiger partial charge in [0.15, 0.2) is 0 Å². The molecule has 5 atom stereocenters. The molecule has 290 valence electrons. The topological polar surface area (TPSA) is 193 Å². The molecule has 2 fully saturated rings. The van der Waals surface area contributed by atoms with Crippen molar-refractivity contribution in [2.24, 2.45) is 5.92 Å². The number of amides is 5. The Hall–Kier alpha value is -4.70. The lowest BCUT2D eigenvalue weighted by Gasteiger charge is -2.30. The summed E-state index contributed by atoms with van der Waals surface area (Å²) in [4.78, 5) is 75.1. The predicted molar refractivity (Wildman–Crippen MR) is 195 cm³/mol. The average molecular weight is 785 g/mol. The van der Waals surface area contributed by atoms with Crippen molar-refractivity contribution in [1.82, 2.24) is 30.1 Å². The van der Waals surface area contributed by atoms with Crippen molar-refractivity contribution >= 4 is 51.5 Å². The minimum Gasteiger partial charge on any atom is -0.444 e. The summed E-state index contributed by atoms with van der Waals surface area (Å²) in [6.45, 7) is 5.62. The van der Waals surface area contributed by atoms with Crippen LogP contribution in [0.4, 0.5) is 9.59 Å². The first kappa shape index (κ1) is 39.0. The van der Waals surface area contributed by atoms with E-state index >= 15 is 0 Å². The van der Waals surface area contributed by atoms with Gasteiger partial charge in [0.25, 0.3) is 15.9 Å². The number of nitrogens with zero attached hydrogens (tertiary/aromatic N) is 3. The molecule has 1 aromatic heterocycles. The molecule has 0 bridgehead atoms. The van der Waals surface area contributed by atoms with E-state index in [1.807, 2.05) is 30.3 Å². The molecular weight excluding hydrogens is 740 g/mol. The van der Waals surface area contributed by atoms with Gasteiger partial charge >= 0.3 is 12.2 Å². The number of carbonyl (C=O) groups is 5. The van der Waals surface area contributed by atoms with Crippen molar-refractivity contribution in [2.75, 3.05) is 6.54 Å². The number of pyridine rings is 1. The molecule has 4 aliphatic rings. The van der Waals surface area contributed by atoms with Crippen LogP contribution in [0.25, 0.3) is 0 Å². The standard InChI is InChI=1S/C37H45ClN6O9S/c1-36(2,3)53-34(48)40-28-14-8-6-4-5-7-13-25-18-37(25,33(47)42-54(50,51)30-19-39-16-15-27(30)38)41-31(45)29-17-26(22-44(29)32(28)46)52-35(49)43-20-23-11-9-10-12-24(23)21-43/h7,9-13,15-16,19,25-26,28-29H,4-6,8,14,17-18,20-22H2,1-3H3,(H,40,48)(H,41,45)(H,42,47)/t25-,26-,28+,29?,37-/m1/s1. The fourth-order valence-corrected chi connectivity index (χ4v) is 8.59. The van der Waals surface area contributed by atoms with Crippen LogP contribution in [-0.2, 0) is 47.0 Å². The quantitative estimate of drug-likeness (QED) is 0.374. The number of aromatic nitrogens is 1. The van der Waals surface area contributed by atoms with Gasteiger partial charge in [-0.1, -0.05) is 60.9 Å². The van der Waals surface area contributed by atoms with Crippen molar-refractivity contribution < 1.29 is 41.9 Å². The molecule has 15 nitrogen and oxygen atoms in total. The van der Waals surface area contributed by atoms with Gasteiger partial charge in [0.05, 0.1) is 11.6 Å². The molecule has 1 aliphatic carbocycles. The molecule has 6 rings (SSSR count). The lowest BCUT2D eigenvalue weighted by atomic mass is 10.0. The number of sulfonamides is 1. The van der Waals surface area contributed by atoms with Gasteiger partial charge in [-0.25, -0.2) is 22.7 Å². The lowest BCUT2D eigenvalue weighted by Crippen LogP contribution is -2.58. The maximum Gasteiger partial charge on any atom is 0.410 e. The van der Waals surface area contributed by atoms with E-state index in [0.29, 0.717) is 32.4 Å². The van der Waals surface area contributed by atoms with E-state index in [-0.39, 0.29) is 30.8 Å². The smallest absolute Gasteiger partial charge is 0.410 e. The monoisotopic (exact) mass is 784 g/mol. The average Bonchev–Trinajstić information content (AvgIpc) is 3.40. The maximum absolute atomic E-state index is 14.4. The molecule has 17 heteroatoms. The van der Waals surface area contributed by atoms with E-state index < -0.39 is 80.1 Å². The number of benzene rings is 1. The molecule has 3 aliphatic heterocycles. The predicted octanol–water partition coefficient (Wildman–Crippen LogP) is 3.95. The Morgan fingerprint density at radius 3 is 2.46 bits per heavy atom. The van der Waals surface area contributed by atoms with Crippen LogP contribution in [0.1, 0.15) is 76.8 Å². The first-order chi connectivity index (χ1) is 25.6. The summed E-state index contributed by atoms with van der Waals surface area (Å²) < 4.78 is 40.0. The van der Waals surface area contributed by atoms with Crippen LogP contribution in [-0.4, -0.2) is 89.0 Å². The number of nitrogens with one attached hydrogen (secondary N) is 3. The third-order valence-corrected chi connectivity index (χ3v) is 11.8. The molecule has 4 heterocycles. The third kappa shape index (κ3) is 8.81. The molecule has 1 saturated heterocycles. The van der Waals surface area contributed by atoms with E-state index in [1.54, 1.807) is 26.8 Å². The minimum absolute atomic E-state index is 0.0921. The highest BCUT2D eigenvalue weighted by Crippen LogP contribution is 2.46. The Labute approximate surface area is 319 Å². The maximum atomic E-state index is 14.4. The van der Waals surface area contributed by atoms with E-state index in [2.05, 4.69) is 20.3 Å². The number of ether oxygens (including phenoxy) is 2. The van der Waals surface area contributed by atoms with Crippen LogP contribution in [0.2, 0.25) is 5.02 Å². The van der Waals surface area contributed by atoms with Gasteiger partial charge in [-0.05, 0) is 63.6 Å². The first-order valence-electron chi connectivity index (χ1n) is 18.0. The molecule has 1 unspecified atom stereocenters. The van der Waals surface area contributed by atoms with E-state index in [0.717, 1.165) is 23.7 Å². The van der Waals surface area contributed by atoms with E-state index in [1.165, 1.54) is 22.1 Å². The molecule has 0 radical (unpaired) electrons. The summed E-state index contributed by atoms with van der Waals surface area (Å²) in [5.41, 5.74) is -0.531. The van der Waals surface area contributed by atoms with Gasteiger partial charge in [-0.3, -0.25) is 24.3 Å². The van der Waals surface area contributed by atoms with Gasteiger partial charge in [0.1, 0.15) is 34.2 Å². The van der Waals surface area contributed by atoms with Crippen LogP contribution >= 0.6 is 11.6 Å². The molecule has 3 N–H and O–H groups in total. The van der Waals surface area contributed by atoms with Crippen molar-refractivity contribution in [1.29, 1.82) is 0 Å². The van der Waals surface area contributed by atoms with E-state index in [4.69, 9.17) is 21.1 Å². The molecule has 1 aromatic carbocycles.